The molecule has 3 aromatic rings. The molecular formula is C28H30F2N2O3. The van der Waals surface area contributed by atoms with Crippen molar-refractivity contribution < 1.29 is 23.5 Å². The fourth-order valence-electron chi connectivity index (χ4n) is 4.20. The Morgan fingerprint density at radius 3 is 2.63 bits per heavy atom. The molecule has 1 heterocycles. The highest BCUT2D eigenvalue weighted by Crippen LogP contribution is 2.21. The summed E-state index contributed by atoms with van der Waals surface area (Å²) >= 11 is 0. The van der Waals surface area contributed by atoms with Crippen LogP contribution in [0.25, 0.3) is 0 Å². The van der Waals surface area contributed by atoms with Crippen molar-refractivity contribution in [3.8, 4) is 0 Å². The molecule has 184 valence electrons. The molecule has 7 heteroatoms. The first-order valence-corrected chi connectivity index (χ1v) is 11.7. The molecule has 0 spiro atoms. The number of aliphatic hydroxyl groups is 1. The van der Waals surface area contributed by atoms with E-state index >= 15 is 0 Å². The third-order valence-corrected chi connectivity index (χ3v) is 5.95. The van der Waals surface area contributed by atoms with Gasteiger partial charge in [-0.25, -0.2) is 8.78 Å². The Balaban J connectivity index is 1.38. The van der Waals surface area contributed by atoms with E-state index in [1.54, 1.807) is 0 Å². The Hall–Kier alpha value is -3.13. The maximum absolute atomic E-state index is 14.4. The predicted molar refractivity (Wildman–Crippen MR) is 131 cm³/mol. The van der Waals surface area contributed by atoms with Crippen LogP contribution < -0.4 is 0 Å². The number of nitrogens with zero attached hydrogens (tertiary/aromatic N) is 2. The van der Waals surface area contributed by atoms with Gasteiger partial charge in [-0.05, 0) is 24.1 Å². The van der Waals surface area contributed by atoms with E-state index < -0.39 is 17.7 Å². The molecule has 0 unspecified atom stereocenters. The predicted octanol–water partition coefficient (Wildman–Crippen LogP) is 4.85. The molecule has 1 aliphatic rings. The number of halogens is 2. The molecule has 1 aliphatic heterocycles. The van der Waals surface area contributed by atoms with Crippen LogP contribution in [-0.2, 0) is 22.7 Å². The number of hydrogen-bond donors (Lipinski definition) is 1. The van der Waals surface area contributed by atoms with Gasteiger partial charge < -0.3 is 14.7 Å². The van der Waals surface area contributed by atoms with Crippen LogP contribution in [0, 0.1) is 18.6 Å². The highest BCUT2D eigenvalue weighted by atomic mass is 19.1. The topological polar surface area (TPSA) is 54.3 Å². The first kappa shape index (κ1) is 25.0. The van der Waals surface area contributed by atoms with Crippen LogP contribution in [0.3, 0.4) is 0 Å². The molecule has 5 nitrogen and oxygen atoms in total. The van der Waals surface area contributed by atoms with E-state index in [0.717, 1.165) is 28.5 Å². The Labute approximate surface area is 204 Å². The van der Waals surface area contributed by atoms with E-state index in [0.29, 0.717) is 25.1 Å². The minimum Gasteiger partial charge on any atom is -0.390 e. The van der Waals surface area contributed by atoms with Crippen LogP contribution in [0.4, 0.5) is 8.78 Å². The first-order chi connectivity index (χ1) is 17.0. The van der Waals surface area contributed by atoms with Crippen LogP contribution in [0.1, 0.15) is 28.7 Å². The minimum atomic E-state index is -0.791. The summed E-state index contributed by atoms with van der Waals surface area (Å²) in [5.74, 6) is -1.24. The van der Waals surface area contributed by atoms with Crippen molar-refractivity contribution in [1.29, 1.82) is 0 Å². The lowest BCUT2D eigenvalue weighted by molar-refractivity contribution is -0.00671. The summed E-state index contributed by atoms with van der Waals surface area (Å²) in [6.07, 6.45) is -0.431. The Bertz CT molecular complexity index is 1140. The second kappa shape index (κ2) is 12.0. The van der Waals surface area contributed by atoms with E-state index in [9.17, 15) is 13.9 Å². The molecule has 35 heavy (non-hydrogen) atoms. The number of rotatable bonds is 11. The lowest BCUT2D eigenvalue weighted by Crippen LogP contribution is -2.39. The molecule has 0 radical (unpaired) electrons. The van der Waals surface area contributed by atoms with E-state index in [1.165, 1.54) is 12.1 Å². The Morgan fingerprint density at radius 1 is 1.09 bits per heavy atom. The summed E-state index contributed by atoms with van der Waals surface area (Å²) in [6.45, 7) is 3.41. The Morgan fingerprint density at radius 2 is 1.86 bits per heavy atom. The maximum Gasteiger partial charge on any atom is 0.145 e. The lowest BCUT2D eigenvalue weighted by atomic mass is 10.00. The monoisotopic (exact) mass is 480 g/mol. The zero-order chi connectivity index (χ0) is 24.6. The van der Waals surface area contributed by atoms with E-state index in [2.05, 4.69) is 5.16 Å². The van der Waals surface area contributed by atoms with Crippen molar-refractivity contribution in [2.24, 2.45) is 5.16 Å². The zero-order valence-electron chi connectivity index (χ0n) is 19.7. The fourth-order valence-corrected chi connectivity index (χ4v) is 4.20. The number of benzene rings is 3. The van der Waals surface area contributed by atoms with Crippen LogP contribution >= 0.6 is 0 Å². The molecule has 1 N–H and O–H groups in total. The van der Waals surface area contributed by atoms with Crippen LogP contribution in [0.2, 0.25) is 0 Å². The summed E-state index contributed by atoms with van der Waals surface area (Å²) in [5.41, 5.74) is 4.40. The van der Waals surface area contributed by atoms with Gasteiger partial charge in [0.1, 0.15) is 17.7 Å². The summed E-state index contributed by atoms with van der Waals surface area (Å²) in [5, 5.41) is 14.9. The van der Waals surface area contributed by atoms with Gasteiger partial charge in [0.15, 0.2) is 0 Å². The van der Waals surface area contributed by atoms with Gasteiger partial charge in [0.25, 0.3) is 0 Å². The molecule has 0 fully saturated rings. The number of ether oxygens (including phenoxy) is 1. The second-order valence-corrected chi connectivity index (χ2v) is 8.87. The van der Waals surface area contributed by atoms with Crippen molar-refractivity contribution in [3.63, 3.8) is 0 Å². The van der Waals surface area contributed by atoms with Crippen molar-refractivity contribution in [2.75, 3.05) is 19.7 Å². The van der Waals surface area contributed by atoms with E-state index in [1.807, 2.05) is 66.4 Å². The molecule has 3 aromatic carbocycles. The van der Waals surface area contributed by atoms with Gasteiger partial charge in [-0.3, -0.25) is 4.90 Å². The van der Waals surface area contributed by atoms with Gasteiger partial charge in [0.05, 0.1) is 25.0 Å². The molecule has 0 amide bonds. The number of aryl methyl sites for hydroxylation is 1. The highest BCUT2D eigenvalue weighted by Gasteiger charge is 2.27. The average Bonchev–Trinajstić information content (AvgIpc) is 3.30. The highest BCUT2D eigenvalue weighted by molar-refractivity contribution is 6.02. The van der Waals surface area contributed by atoms with Crippen molar-refractivity contribution in [1.82, 2.24) is 4.90 Å². The third-order valence-electron chi connectivity index (χ3n) is 5.95. The van der Waals surface area contributed by atoms with Crippen LogP contribution in [0.5, 0.6) is 0 Å². The van der Waals surface area contributed by atoms with Gasteiger partial charge in [0.2, 0.25) is 0 Å². The van der Waals surface area contributed by atoms with E-state index in [4.69, 9.17) is 9.57 Å². The number of aliphatic hydroxyl groups excluding tert-OH is 1. The molecule has 0 aromatic heterocycles. The van der Waals surface area contributed by atoms with Gasteiger partial charge in [-0.2, -0.15) is 0 Å². The second-order valence-electron chi connectivity index (χ2n) is 8.87. The minimum absolute atomic E-state index is 0.133. The van der Waals surface area contributed by atoms with Crippen LogP contribution in [-0.4, -0.2) is 47.6 Å². The summed E-state index contributed by atoms with van der Waals surface area (Å²) in [4.78, 5) is 7.59. The Kier molecular flexibility index (Phi) is 8.58. The maximum atomic E-state index is 14.4. The smallest absolute Gasteiger partial charge is 0.145 e. The molecule has 0 aliphatic carbocycles. The van der Waals surface area contributed by atoms with Crippen LogP contribution in [0.15, 0.2) is 78.0 Å². The van der Waals surface area contributed by atoms with E-state index in [-0.39, 0.29) is 25.8 Å². The van der Waals surface area contributed by atoms with Crippen molar-refractivity contribution in [2.45, 2.75) is 38.7 Å². The molecule has 4 rings (SSSR count). The quantitative estimate of drug-likeness (QED) is 0.427. The first-order valence-electron chi connectivity index (χ1n) is 11.7. The zero-order valence-corrected chi connectivity index (χ0v) is 19.7. The SMILES string of the molecule is Cc1ccccc1C1=NO[C@@H](CN(Cc2ccc(F)cc2F)C[C@H](O)COCc2ccccc2)C1. The molecular weight excluding hydrogens is 450 g/mol. The standard InChI is InChI=1S/C28H30F2N2O3/c1-20-7-5-6-10-26(20)28-14-25(35-31-28)17-32(15-22-11-12-23(29)13-27(22)30)16-24(33)19-34-18-21-8-3-2-4-9-21/h2-13,24-25,33H,14-19H2,1H3/t24-,25+/m0/s1. The lowest BCUT2D eigenvalue weighted by Gasteiger charge is -2.27. The largest absolute Gasteiger partial charge is 0.390 e. The number of hydrogen-bond acceptors (Lipinski definition) is 5. The van der Waals surface area contributed by atoms with Crippen molar-refractivity contribution in [3.05, 3.63) is 107 Å². The number of oxime groups is 1. The molecule has 2 atom stereocenters. The summed E-state index contributed by atoms with van der Waals surface area (Å²) in [6, 6.07) is 21.2. The normalized spacial score (nSPS) is 16.3. The third kappa shape index (κ3) is 7.18. The van der Waals surface area contributed by atoms with Gasteiger partial charge in [-0.15, -0.1) is 0 Å². The summed E-state index contributed by atoms with van der Waals surface area (Å²) < 4.78 is 33.4. The van der Waals surface area contributed by atoms with Gasteiger partial charge >= 0.3 is 0 Å². The van der Waals surface area contributed by atoms with Crippen molar-refractivity contribution >= 4 is 5.71 Å². The van der Waals surface area contributed by atoms with Gasteiger partial charge in [0, 0.05) is 43.2 Å². The molecule has 0 saturated heterocycles. The molecule has 0 saturated carbocycles. The fraction of sp³-hybridized carbons (Fsp3) is 0.321. The van der Waals surface area contributed by atoms with Gasteiger partial charge in [-0.1, -0.05) is 65.8 Å². The summed E-state index contributed by atoms with van der Waals surface area (Å²) in [7, 11) is 0. The average molecular weight is 481 g/mol. The molecule has 0 bridgehead atoms.